The highest BCUT2D eigenvalue weighted by Gasteiger charge is 2.33. The minimum Gasteiger partial charge on any atom is -0.296 e. The van der Waals surface area contributed by atoms with Gasteiger partial charge >= 0.3 is 6.18 Å². The van der Waals surface area contributed by atoms with E-state index in [2.05, 4.69) is 32.0 Å². The van der Waals surface area contributed by atoms with E-state index in [1.165, 1.54) is 46.0 Å². The first-order valence-electron chi connectivity index (χ1n) is 14.1. The van der Waals surface area contributed by atoms with Gasteiger partial charge in [-0.2, -0.15) is 18.2 Å². The van der Waals surface area contributed by atoms with Crippen molar-refractivity contribution < 1.29 is 18.0 Å². The van der Waals surface area contributed by atoms with Crippen LogP contribution in [0.25, 0.3) is 17.1 Å². The largest absolute Gasteiger partial charge is 0.416 e. The maximum atomic E-state index is 12.9. The van der Waals surface area contributed by atoms with Gasteiger partial charge in [-0.05, 0) is 91.8 Å². The number of hydrazine groups is 1. The molecule has 4 aromatic rings. The third kappa shape index (κ3) is 6.40. The van der Waals surface area contributed by atoms with E-state index in [-0.39, 0.29) is 17.1 Å². The molecular weight excluding hydrogens is 608 g/mol. The molecule has 1 atom stereocenters. The van der Waals surface area contributed by atoms with E-state index >= 15 is 0 Å². The van der Waals surface area contributed by atoms with E-state index < -0.39 is 11.7 Å². The van der Waals surface area contributed by atoms with Crippen LogP contribution in [0.5, 0.6) is 0 Å². The quantitative estimate of drug-likeness (QED) is 0.187. The van der Waals surface area contributed by atoms with E-state index in [4.69, 9.17) is 12.2 Å². The molecule has 2 aliphatic rings. The molecule has 1 aromatic heterocycles. The highest BCUT2D eigenvalue weighted by molar-refractivity contribution is 8.15. The molecule has 0 spiro atoms. The number of aliphatic imine (C=N–C) groups is 1. The maximum absolute atomic E-state index is 12.9. The van der Waals surface area contributed by atoms with Gasteiger partial charge in [0.2, 0.25) is 11.0 Å². The first-order valence-corrected chi connectivity index (χ1v) is 15.5. The van der Waals surface area contributed by atoms with Gasteiger partial charge in [0.25, 0.3) is 0 Å². The van der Waals surface area contributed by atoms with Gasteiger partial charge < -0.3 is 0 Å². The van der Waals surface area contributed by atoms with Crippen LogP contribution in [0, 0.1) is 0 Å². The van der Waals surface area contributed by atoms with Gasteiger partial charge in [-0.25, -0.2) is 15.1 Å². The zero-order valence-electron chi connectivity index (χ0n) is 23.6. The molecule has 8 nitrogen and oxygen atoms in total. The van der Waals surface area contributed by atoms with Crippen LogP contribution in [0.15, 0.2) is 78.0 Å². The van der Waals surface area contributed by atoms with Crippen molar-refractivity contribution in [3.05, 3.63) is 95.3 Å². The molecule has 1 amide bonds. The number of anilines is 1. The lowest BCUT2D eigenvalue weighted by Gasteiger charge is -2.24. The number of carbonyl (C=O) groups excluding carboxylic acids is 1. The number of nitrogens with zero attached hydrogens (tertiary/aromatic N) is 5. The molecule has 2 heterocycles. The van der Waals surface area contributed by atoms with E-state index in [0.717, 1.165) is 54.6 Å². The highest BCUT2D eigenvalue weighted by Crippen LogP contribution is 2.35. The molecule has 0 saturated carbocycles. The molecule has 1 aliphatic carbocycles. The third-order valence-corrected chi connectivity index (χ3v) is 8.71. The number of benzene rings is 3. The second-order valence-electron chi connectivity index (χ2n) is 10.5. The van der Waals surface area contributed by atoms with Crippen LogP contribution in [0.3, 0.4) is 0 Å². The zero-order valence-corrected chi connectivity index (χ0v) is 25.3. The fourth-order valence-electron chi connectivity index (χ4n) is 5.26. The first-order chi connectivity index (χ1) is 21.2. The molecule has 2 N–H and O–H groups in total. The summed E-state index contributed by atoms with van der Waals surface area (Å²) in [7, 11) is 0. The molecule has 3 aromatic carbocycles. The summed E-state index contributed by atoms with van der Waals surface area (Å²) in [4.78, 5) is 23.4. The Bertz CT molecular complexity index is 1720. The summed E-state index contributed by atoms with van der Waals surface area (Å²) in [5, 5.41) is 5.20. The van der Waals surface area contributed by atoms with Crippen molar-refractivity contribution >= 4 is 45.9 Å². The molecular formula is C31H28F3N7OS2. The second-order valence-corrected chi connectivity index (χ2v) is 11.8. The summed E-state index contributed by atoms with van der Waals surface area (Å²) >= 11 is 6.86. The Labute approximate surface area is 261 Å². The predicted molar refractivity (Wildman–Crippen MR) is 170 cm³/mol. The number of fused-ring (bicyclic) bond motifs is 1. The minimum absolute atomic E-state index is 0.00405. The minimum atomic E-state index is -4.40. The van der Waals surface area contributed by atoms with Crippen LogP contribution in [0.2, 0.25) is 0 Å². The predicted octanol–water partition coefficient (Wildman–Crippen LogP) is 6.41. The molecule has 0 bridgehead atoms. The summed E-state index contributed by atoms with van der Waals surface area (Å²) in [5.41, 5.74) is 11.0. The van der Waals surface area contributed by atoms with Crippen molar-refractivity contribution in [2.45, 2.75) is 44.8 Å². The lowest BCUT2D eigenvalue weighted by Crippen LogP contribution is -2.38. The number of aromatic nitrogens is 3. The Kier molecular flexibility index (Phi) is 8.52. The monoisotopic (exact) mass is 635 g/mol. The maximum Gasteiger partial charge on any atom is 0.416 e. The number of alkyl halides is 3. The first kappa shape index (κ1) is 30.0. The molecule has 1 saturated heterocycles. The Morgan fingerprint density at radius 3 is 2.55 bits per heavy atom. The average Bonchev–Trinajstić information content (AvgIpc) is 3.66. The molecule has 13 heteroatoms. The van der Waals surface area contributed by atoms with Gasteiger partial charge in [0.1, 0.15) is 6.33 Å². The number of nitrogens with one attached hydrogen (secondary N) is 2. The van der Waals surface area contributed by atoms with E-state index in [0.29, 0.717) is 22.4 Å². The Hall–Kier alpha value is -4.07. The SMILES string of the molecule is CC(NNC(=S)/N=C1\SCC(=O)N1c1cccc2c1CCCC2)c1ccc(-c2ncn(-c3ccc(C(F)(F)F)cc3)n2)cc1. The van der Waals surface area contributed by atoms with E-state index in [1.54, 1.807) is 4.90 Å². The van der Waals surface area contributed by atoms with E-state index in [1.807, 2.05) is 43.3 Å². The zero-order chi connectivity index (χ0) is 30.8. The van der Waals surface area contributed by atoms with Crippen LogP contribution in [-0.4, -0.2) is 36.7 Å². The Morgan fingerprint density at radius 2 is 1.80 bits per heavy atom. The van der Waals surface area contributed by atoms with Gasteiger partial charge in [0.05, 0.1) is 22.7 Å². The van der Waals surface area contributed by atoms with Crippen LogP contribution in [0.4, 0.5) is 18.9 Å². The summed E-state index contributed by atoms with van der Waals surface area (Å²) < 4.78 is 40.0. The van der Waals surface area contributed by atoms with Gasteiger partial charge in [0.15, 0.2) is 11.0 Å². The number of aryl methyl sites for hydroxylation is 1. The average molecular weight is 636 g/mol. The summed E-state index contributed by atoms with van der Waals surface area (Å²) in [6, 6.07) is 18.3. The topological polar surface area (TPSA) is 87.4 Å². The smallest absolute Gasteiger partial charge is 0.296 e. The van der Waals surface area contributed by atoms with Gasteiger partial charge in [0, 0.05) is 11.6 Å². The van der Waals surface area contributed by atoms with Crippen molar-refractivity contribution in [1.82, 2.24) is 25.6 Å². The van der Waals surface area contributed by atoms with Crippen LogP contribution in [0.1, 0.15) is 48.1 Å². The fraction of sp³-hybridized carbons (Fsp3) is 0.258. The van der Waals surface area contributed by atoms with Crippen molar-refractivity contribution in [1.29, 1.82) is 0 Å². The fourth-order valence-corrected chi connectivity index (χ4v) is 6.33. The Morgan fingerprint density at radius 1 is 1.05 bits per heavy atom. The van der Waals surface area contributed by atoms with Gasteiger partial charge in [-0.15, -0.1) is 5.10 Å². The number of thiocarbonyl (C=S) groups is 1. The molecule has 44 heavy (non-hydrogen) atoms. The van der Waals surface area contributed by atoms with Crippen molar-refractivity contribution in [2.24, 2.45) is 4.99 Å². The lowest BCUT2D eigenvalue weighted by molar-refractivity contribution is -0.137. The molecule has 1 unspecified atom stereocenters. The van der Waals surface area contributed by atoms with Gasteiger partial charge in [-0.3, -0.25) is 15.1 Å². The van der Waals surface area contributed by atoms with E-state index in [9.17, 15) is 18.0 Å². The number of carbonyl (C=O) groups is 1. The van der Waals surface area contributed by atoms with Crippen LogP contribution in [-0.2, 0) is 23.8 Å². The molecule has 1 aliphatic heterocycles. The summed E-state index contributed by atoms with van der Waals surface area (Å²) in [6.45, 7) is 1.96. The molecule has 6 rings (SSSR count). The lowest BCUT2D eigenvalue weighted by atomic mass is 9.90. The Balaban J connectivity index is 1.08. The van der Waals surface area contributed by atoms with Crippen LogP contribution < -0.4 is 15.8 Å². The number of halogens is 3. The van der Waals surface area contributed by atoms with Crippen molar-refractivity contribution in [2.75, 3.05) is 10.7 Å². The summed E-state index contributed by atoms with van der Waals surface area (Å²) in [5.74, 6) is 0.759. The standard InChI is InChI=1S/C31H28F3N7OS2/c1-19(20-9-11-22(12-10-20)28-35-18-40(39-28)24-15-13-23(14-16-24)31(32,33)34)37-38-29(43)36-30-41(27(42)17-44-30)26-8-4-6-21-5-2-3-7-25(21)26/h4,6,8-16,18-19,37H,2-3,5,7,17H2,1H3,(H,38,43)/b36-30-. The molecule has 1 fully saturated rings. The molecule has 226 valence electrons. The highest BCUT2D eigenvalue weighted by atomic mass is 32.2. The van der Waals surface area contributed by atoms with Crippen LogP contribution >= 0.6 is 24.0 Å². The normalized spacial score (nSPS) is 16.7. The number of rotatable bonds is 6. The number of amides is 1. The second kappa shape index (κ2) is 12.5. The number of thioether (sulfide) groups is 1. The molecule has 0 radical (unpaired) electrons. The van der Waals surface area contributed by atoms with Gasteiger partial charge in [-0.1, -0.05) is 48.2 Å². The third-order valence-electron chi connectivity index (χ3n) is 7.59. The number of hydrogen-bond acceptors (Lipinski definition) is 6. The number of amidine groups is 1. The number of hydrogen-bond donors (Lipinski definition) is 2. The van der Waals surface area contributed by atoms with Crippen molar-refractivity contribution in [3.8, 4) is 17.1 Å². The van der Waals surface area contributed by atoms with Crippen molar-refractivity contribution in [3.63, 3.8) is 0 Å². The summed E-state index contributed by atoms with van der Waals surface area (Å²) in [6.07, 6.45) is 1.31.